The van der Waals surface area contributed by atoms with Gasteiger partial charge in [-0.05, 0) is 37.1 Å². The summed E-state index contributed by atoms with van der Waals surface area (Å²) in [5, 5.41) is 2.73. The number of aromatic nitrogens is 1. The number of hydrogen-bond acceptors (Lipinski definition) is 3. The molecule has 0 bridgehead atoms. The number of rotatable bonds is 2. The highest BCUT2D eigenvalue weighted by Gasteiger charge is 2.27. The zero-order valence-electron chi connectivity index (χ0n) is 11.6. The van der Waals surface area contributed by atoms with Crippen LogP contribution in [0.3, 0.4) is 0 Å². The fourth-order valence-electron chi connectivity index (χ4n) is 2.72. The zero-order valence-corrected chi connectivity index (χ0v) is 11.6. The maximum Gasteiger partial charge on any atom is 0.221 e. The van der Waals surface area contributed by atoms with Crippen molar-refractivity contribution in [3.63, 3.8) is 0 Å². The minimum absolute atomic E-state index is 0.0839. The number of amides is 1. The number of pyridine rings is 1. The highest BCUT2D eigenvalue weighted by molar-refractivity contribution is 5.88. The lowest BCUT2D eigenvalue weighted by molar-refractivity contribution is -0.114. The summed E-state index contributed by atoms with van der Waals surface area (Å²) in [6.45, 7) is 3.69. The minimum atomic E-state index is -0.0839. The van der Waals surface area contributed by atoms with Crippen molar-refractivity contribution in [3.05, 3.63) is 48.2 Å². The number of fused-ring (bicyclic) bond motifs is 1. The summed E-state index contributed by atoms with van der Waals surface area (Å²) in [7, 11) is 0. The van der Waals surface area contributed by atoms with E-state index < -0.39 is 0 Å². The van der Waals surface area contributed by atoms with E-state index in [1.54, 1.807) is 6.20 Å². The van der Waals surface area contributed by atoms with Crippen molar-refractivity contribution in [2.75, 3.05) is 10.2 Å². The summed E-state index contributed by atoms with van der Waals surface area (Å²) in [6.07, 6.45) is 2.73. The first kappa shape index (κ1) is 12.7. The first-order valence-corrected chi connectivity index (χ1v) is 6.76. The van der Waals surface area contributed by atoms with Crippen molar-refractivity contribution in [2.24, 2.45) is 0 Å². The van der Waals surface area contributed by atoms with Crippen LogP contribution in [0.2, 0.25) is 0 Å². The summed E-state index contributed by atoms with van der Waals surface area (Å²) < 4.78 is 0. The first-order chi connectivity index (χ1) is 9.65. The number of nitrogens with one attached hydrogen (secondary N) is 1. The van der Waals surface area contributed by atoms with Gasteiger partial charge in [-0.25, -0.2) is 4.98 Å². The maximum absolute atomic E-state index is 11.0. The Morgan fingerprint density at radius 3 is 2.80 bits per heavy atom. The normalized spacial score (nSPS) is 16.9. The number of nitrogens with zero attached hydrogens (tertiary/aromatic N) is 2. The van der Waals surface area contributed by atoms with E-state index in [9.17, 15) is 4.79 Å². The van der Waals surface area contributed by atoms with E-state index in [-0.39, 0.29) is 5.91 Å². The molecule has 1 aliphatic heterocycles. The lowest BCUT2D eigenvalue weighted by Crippen LogP contribution is -2.24. The van der Waals surface area contributed by atoms with Crippen LogP contribution >= 0.6 is 0 Å². The van der Waals surface area contributed by atoms with Gasteiger partial charge >= 0.3 is 0 Å². The molecular formula is C16H17N3O. The standard InChI is InChI=1S/C16H17N3O/c1-11-9-13-5-3-4-6-15(13)19(11)16-8-7-14(10-17-16)18-12(2)20/h3-8,10-11H,9H2,1-2H3,(H,18,20). The Hall–Kier alpha value is -2.36. The molecule has 3 rings (SSSR count). The van der Waals surface area contributed by atoms with Crippen LogP contribution in [-0.4, -0.2) is 16.9 Å². The number of carbonyl (C=O) groups is 1. The van der Waals surface area contributed by atoms with Gasteiger partial charge < -0.3 is 10.2 Å². The average molecular weight is 267 g/mol. The molecule has 0 saturated heterocycles. The van der Waals surface area contributed by atoms with Gasteiger partial charge in [-0.1, -0.05) is 18.2 Å². The Morgan fingerprint density at radius 1 is 1.30 bits per heavy atom. The molecule has 1 aromatic heterocycles. The summed E-state index contributed by atoms with van der Waals surface area (Å²) in [5.41, 5.74) is 3.30. The van der Waals surface area contributed by atoms with Gasteiger partial charge in [0.1, 0.15) is 5.82 Å². The largest absolute Gasteiger partial charge is 0.325 e. The third kappa shape index (κ3) is 2.25. The third-order valence-electron chi connectivity index (χ3n) is 3.52. The average Bonchev–Trinajstić information content (AvgIpc) is 2.75. The van der Waals surface area contributed by atoms with Crippen molar-refractivity contribution in [1.29, 1.82) is 0 Å². The van der Waals surface area contributed by atoms with E-state index in [0.29, 0.717) is 6.04 Å². The molecule has 102 valence electrons. The zero-order chi connectivity index (χ0) is 14.1. The Bertz CT molecular complexity index is 636. The highest BCUT2D eigenvalue weighted by Crippen LogP contribution is 2.37. The van der Waals surface area contributed by atoms with E-state index in [2.05, 4.69) is 46.4 Å². The Labute approximate surface area is 118 Å². The topological polar surface area (TPSA) is 45.2 Å². The fraction of sp³-hybridized carbons (Fsp3) is 0.250. The van der Waals surface area contributed by atoms with Crippen molar-refractivity contribution in [1.82, 2.24) is 4.98 Å². The number of para-hydroxylation sites is 1. The molecule has 2 heterocycles. The lowest BCUT2D eigenvalue weighted by atomic mass is 10.1. The molecule has 1 N–H and O–H groups in total. The van der Waals surface area contributed by atoms with Crippen LogP contribution in [0.4, 0.5) is 17.2 Å². The third-order valence-corrected chi connectivity index (χ3v) is 3.52. The number of carbonyl (C=O) groups excluding carboxylic acids is 1. The van der Waals surface area contributed by atoms with Crippen LogP contribution in [-0.2, 0) is 11.2 Å². The second kappa shape index (κ2) is 4.96. The fourth-order valence-corrected chi connectivity index (χ4v) is 2.72. The van der Waals surface area contributed by atoms with E-state index in [4.69, 9.17) is 0 Å². The van der Waals surface area contributed by atoms with Crippen LogP contribution < -0.4 is 10.2 Å². The molecule has 1 aliphatic rings. The SMILES string of the molecule is CC(=O)Nc1ccc(N2c3ccccc3CC2C)nc1. The van der Waals surface area contributed by atoms with Gasteiger partial charge in [-0.2, -0.15) is 0 Å². The molecule has 0 aliphatic carbocycles. The molecule has 4 nitrogen and oxygen atoms in total. The van der Waals surface area contributed by atoms with Crippen molar-refractivity contribution >= 4 is 23.1 Å². The molecule has 1 atom stereocenters. The van der Waals surface area contributed by atoms with Gasteiger partial charge in [0.15, 0.2) is 0 Å². The maximum atomic E-state index is 11.0. The molecule has 0 fully saturated rings. The molecule has 2 aromatic rings. The Kier molecular flexibility index (Phi) is 3.14. The molecule has 1 aromatic carbocycles. The molecule has 0 spiro atoms. The van der Waals surface area contributed by atoms with Crippen LogP contribution in [0.25, 0.3) is 0 Å². The molecule has 0 radical (unpaired) electrons. The number of anilines is 3. The van der Waals surface area contributed by atoms with E-state index in [0.717, 1.165) is 17.9 Å². The molecule has 20 heavy (non-hydrogen) atoms. The summed E-state index contributed by atoms with van der Waals surface area (Å²) in [4.78, 5) is 17.7. The van der Waals surface area contributed by atoms with Crippen molar-refractivity contribution in [2.45, 2.75) is 26.3 Å². The van der Waals surface area contributed by atoms with Crippen LogP contribution in [0.1, 0.15) is 19.4 Å². The molecule has 0 saturated carbocycles. The van der Waals surface area contributed by atoms with E-state index >= 15 is 0 Å². The van der Waals surface area contributed by atoms with Crippen LogP contribution in [0.15, 0.2) is 42.6 Å². The van der Waals surface area contributed by atoms with Crippen molar-refractivity contribution in [3.8, 4) is 0 Å². The lowest BCUT2D eigenvalue weighted by Gasteiger charge is -2.23. The van der Waals surface area contributed by atoms with Crippen molar-refractivity contribution < 1.29 is 4.79 Å². The summed E-state index contributed by atoms with van der Waals surface area (Å²) >= 11 is 0. The Morgan fingerprint density at radius 2 is 2.10 bits per heavy atom. The van der Waals surface area contributed by atoms with Gasteiger partial charge in [-0.3, -0.25) is 4.79 Å². The quantitative estimate of drug-likeness (QED) is 0.909. The first-order valence-electron chi connectivity index (χ1n) is 6.76. The number of benzene rings is 1. The predicted molar refractivity (Wildman–Crippen MR) is 80.3 cm³/mol. The minimum Gasteiger partial charge on any atom is -0.325 e. The molecule has 1 unspecified atom stereocenters. The van der Waals surface area contributed by atoms with Crippen LogP contribution in [0.5, 0.6) is 0 Å². The molecular weight excluding hydrogens is 250 g/mol. The highest BCUT2D eigenvalue weighted by atomic mass is 16.1. The second-order valence-corrected chi connectivity index (χ2v) is 5.14. The smallest absolute Gasteiger partial charge is 0.221 e. The Balaban J connectivity index is 1.91. The van der Waals surface area contributed by atoms with Crippen LogP contribution in [0, 0.1) is 0 Å². The van der Waals surface area contributed by atoms with Gasteiger partial charge in [0.2, 0.25) is 5.91 Å². The van der Waals surface area contributed by atoms with E-state index in [1.807, 2.05) is 12.1 Å². The van der Waals surface area contributed by atoms with Gasteiger partial charge in [-0.15, -0.1) is 0 Å². The van der Waals surface area contributed by atoms with Gasteiger partial charge in [0, 0.05) is 18.7 Å². The summed E-state index contributed by atoms with van der Waals surface area (Å²) in [5.74, 6) is 0.830. The van der Waals surface area contributed by atoms with Gasteiger partial charge in [0.25, 0.3) is 0 Å². The van der Waals surface area contributed by atoms with Gasteiger partial charge in [0.05, 0.1) is 11.9 Å². The molecule has 1 amide bonds. The summed E-state index contributed by atoms with van der Waals surface area (Å²) in [6, 6.07) is 12.6. The second-order valence-electron chi connectivity index (χ2n) is 5.14. The van der Waals surface area contributed by atoms with E-state index in [1.165, 1.54) is 18.2 Å². The molecule has 4 heteroatoms. The predicted octanol–water partition coefficient (Wildman–Crippen LogP) is 3.12. The monoisotopic (exact) mass is 267 g/mol. The number of hydrogen-bond donors (Lipinski definition) is 1.